The Morgan fingerprint density at radius 3 is 2.18 bits per heavy atom. The monoisotopic (exact) mass is 297 g/mol. The summed E-state index contributed by atoms with van der Waals surface area (Å²) in [7, 11) is 0. The van der Waals surface area contributed by atoms with Crippen LogP contribution in [0.15, 0.2) is 60.7 Å². The molecule has 0 aliphatic heterocycles. The molecule has 0 saturated heterocycles. The van der Waals surface area contributed by atoms with E-state index in [2.05, 4.69) is 17.4 Å². The molecule has 1 N–H and O–H groups in total. The zero-order valence-electron chi connectivity index (χ0n) is 13.2. The number of carbonyl (C=O) groups excluding carboxylic acids is 1. The largest absolute Gasteiger partial charge is 0.463 e. The molecule has 0 aromatic heterocycles. The standard InChI is InChI=1S/C19H23NO2/c1-15(2)22-19(21)13-18(17-11-7-4-8-12-17)20-14-16-9-5-3-6-10-16/h3-12,15,18,20H,13-14H2,1-2H3. The first-order valence-corrected chi connectivity index (χ1v) is 7.67. The van der Waals surface area contributed by atoms with Crippen molar-refractivity contribution in [1.29, 1.82) is 0 Å². The zero-order valence-corrected chi connectivity index (χ0v) is 13.2. The van der Waals surface area contributed by atoms with Gasteiger partial charge >= 0.3 is 5.97 Å². The molecule has 0 heterocycles. The van der Waals surface area contributed by atoms with E-state index in [4.69, 9.17) is 4.74 Å². The van der Waals surface area contributed by atoms with Crippen LogP contribution >= 0.6 is 0 Å². The lowest BCUT2D eigenvalue weighted by Crippen LogP contribution is -2.25. The molecule has 0 saturated carbocycles. The summed E-state index contributed by atoms with van der Waals surface area (Å²) < 4.78 is 5.28. The first kappa shape index (κ1) is 16.2. The minimum absolute atomic E-state index is 0.0485. The summed E-state index contributed by atoms with van der Waals surface area (Å²) in [6.45, 7) is 4.45. The van der Waals surface area contributed by atoms with Crippen molar-refractivity contribution in [2.45, 2.75) is 39.0 Å². The van der Waals surface area contributed by atoms with Gasteiger partial charge in [-0.1, -0.05) is 60.7 Å². The van der Waals surface area contributed by atoms with E-state index in [0.717, 1.165) is 12.1 Å². The van der Waals surface area contributed by atoms with Crippen molar-refractivity contribution in [1.82, 2.24) is 5.32 Å². The fourth-order valence-electron chi connectivity index (χ4n) is 2.31. The number of nitrogens with one attached hydrogen (secondary N) is 1. The predicted octanol–water partition coefficient (Wildman–Crippen LogP) is 3.86. The minimum Gasteiger partial charge on any atom is -0.463 e. The molecule has 0 aliphatic rings. The highest BCUT2D eigenvalue weighted by atomic mass is 16.5. The molecule has 3 heteroatoms. The number of esters is 1. The number of carbonyl (C=O) groups is 1. The summed E-state index contributed by atoms with van der Waals surface area (Å²) >= 11 is 0. The van der Waals surface area contributed by atoms with Crippen LogP contribution in [-0.2, 0) is 16.1 Å². The molecule has 2 aromatic carbocycles. The van der Waals surface area contributed by atoms with E-state index in [1.807, 2.05) is 62.4 Å². The van der Waals surface area contributed by atoms with E-state index >= 15 is 0 Å². The molecule has 0 spiro atoms. The maximum Gasteiger partial charge on any atom is 0.307 e. The van der Waals surface area contributed by atoms with E-state index in [-0.39, 0.29) is 18.1 Å². The first-order chi connectivity index (χ1) is 10.6. The molecule has 0 bridgehead atoms. The van der Waals surface area contributed by atoms with Gasteiger partial charge in [0.25, 0.3) is 0 Å². The number of rotatable bonds is 7. The second-order valence-corrected chi connectivity index (χ2v) is 5.57. The van der Waals surface area contributed by atoms with E-state index in [9.17, 15) is 4.79 Å². The van der Waals surface area contributed by atoms with Crippen LogP contribution in [0, 0.1) is 0 Å². The second-order valence-electron chi connectivity index (χ2n) is 5.57. The maximum atomic E-state index is 12.0. The molecule has 22 heavy (non-hydrogen) atoms. The molecule has 3 nitrogen and oxygen atoms in total. The van der Waals surface area contributed by atoms with Gasteiger partial charge in [-0.3, -0.25) is 4.79 Å². The van der Waals surface area contributed by atoms with Crippen molar-refractivity contribution in [3.8, 4) is 0 Å². The smallest absolute Gasteiger partial charge is 0.307 e. The van der Waals surface area contributed by atoms with E-state index in [1.165, 1.54) is 5.56 Å². The molecule has 0 aliphatic carbocycles. The lowest BCUT2D eigenvalue weighted by molar-refractivity contribution is -0.148. The topological polar surface area (TPSA) is 38.3 Å². The van der Waals surface area contributed by atoms with Gasteiger partial charge < -0.3 is 10.1 Å². The number of benzene rings is 2. The van der Waals surface area contributed by atoms with Crippen molar-refractivity contribution in [3.63, 3.8) is 0 Å². The normalized spacial score (nSPS) is 12.1. The summed E-state index contributed by atoms with van der Waals surface area (Å²) in [5, 5.41) is 3.46. The Kier molecular flexibility index (Phi) is 6.16. The van der Waals surface area contributed by atoms with Gasteiger partial charge in [-0.15, -0.1) is 0 Å². The molecule has 2 aromatic rings. The second kappa shape index (κ2) is 8.35. The Bertz CT molecular complexity index is 567. The van der Waals surface area contributed by atoms with E-state index in [0.29, 0.717) is 6.42 Å². The molecule has 1 unspecified atom stereocenters. The number of hydrogen-bond donors (Lipinski definition) is 1. The van der Waals surface area contributed by atoms with Crippen LogP contribution < -0.4 is 5.32 Å². The minimum atomic E-state index is -0.176. The van der Waals surface area contributed by atoms with Crippen molar-refractivity contribution in [2.24, 2.45) is 0 Å². The maximum absolute atomic E-state index is 12.0. The van der Waals surface area contributed by atoms with Crippen LogP contribution in [0.4, 0.5) is 0 Å². The Labute approximate surface area is 132 Å². The van der Waals surface area contributed by atoms with Gasteiger partial charge in [0, 0.05) is 12.6 Å². The Morgan fingerprint density at radius 1 is 1.00 bits per heavy atom. The van der Waals surface area contributed by atoms with Gasteiger partial charge in [0.05, 0.1) is 12.5 Å². The van der Waals surface area contributed by atoms with Gasteiger partial charge in [0.1, 0.15) is 0 Å². The molecule has 0 amide bonds. The average Bonchev–Trinajstić information content (AvgIpc) is 2.52. The van der Waals surface area contributed by atoms with Crippen LogP contribution in [0.3, 0.4) is 0 Å². The van der Waals surface area contributed by atoms with Crippen molar-refractivity contribution in [3.05, 3.63) is 71.8 Å². The Balaban J connectivity index is 2.03. The highest BCUT2D eigenvalue weighted by Gasteiger charge is 2.17. The number of hydrogen-bond acceptors (Lipinski definition) is 3. The third-order valence-electron chi connectivity index (χ3n) is 3.34. The van der Waals surface area contributed by atoms with Crippen LogP contribution in [0.25, 0.3) is 0 Å². The molecule has 0 radical (unpaired) electrons. The van der Waals surface area contributed by atoms with Crippen LogP contribution in [0.5, 0.6) is 0 Å². The lowest BCUT2D eigenvalue weighted by atomic mass is 10.0. The zero-order chi connectivity index (χ0) is 15.8. The fourth-order valence-corrected chi connectivity index (χ4v) is 2.31. The van der Waals surface area contributed by atoms with Crippen LogP contribution in [-0.4, -0.2) is 12.1 Å². The summed E-state index contributed by atoms with van der Waals surface area (Å²) in [5.41, 5.74) is 2.29. The summed E-state index contributed by atoms with van der Waals surface area (Å²) in [5.74, 6) is -0.176. The predicted molar refractivity (Wildman–Crippen MR) is 88.3 cm³/mol. The van der Waals surface area contributed by atoms with Gasteiger partial charge in [0.2, 0.25) is 0 Å². The summed E-state index contributed by atoms with van der Waals surface area (Å²) in [6, 6.07) is 20.1. The molecule has 0 fully saturated rings. The molecule has 2 rings (SSSR count). The fraction of sp³-hybridized carbons (Fsp3) is 0.316. The van der Waals surface area contributed by atoms with Gasteiger partial charge in [-0.05, 0) is 25.0 Å². The average molecular weight is 297 g/mol. The van der Waals surface area contributed by atoms with Gasteiger partial charge in [-0.2, -0.15) is 0 Å². The quantitative estimate of drug-likeness (QED) is 0.789. The van der Waals surface area contributed by atoms with Gasteiger partial charge in [-0.25, -0.2) is 0 Å². The lowest BCUT2D eigenvalue weighted by Gasteiger charge is -2.19. The summed E-state index contributed by atoms with van der Waals surface area (Å²) in [4.78, 5) is 12.0. The molecule has 116 valence electrons. The number of ether oxygens (including phenoxy) is 1. The van der Waals surface area contributed by atoms with E-state index < -0.39 is 0 Å². The SMILES string of the molecule is CC(C)OC(=O)CC(NCc1ccccc1)c1ccccc1. The van der Waals surface area contributed by atoms with Crippen LogP contribution in [0.1, 0.15) is 37.4 Å². The summed E-state index contributed by atoms with van der Waals surface area (Å²) in [6.07, 6.45) is 0.243. The first-order valence-electron chi connectivity index (χ1n) is 7.67. The van der Waals surface area contributed by atoms with E-state index in [1.54, 1.807) is 0 Å². The highest BCUT2D eigenvalue weighted by Crippen LogP contribution is 2.18. The van der Waals surface area contributed by atoms with Crippen molar-refractivity contribution < 1.29 is 9.53 Å². The third-order valence-corrected chi connectivity index (χ3v) is 3.34. The van der Waals surface area contributed by atoms with Crippen molar-refractivity contribution in [2.75, 3.05) is 0 Å². The molecular weight excluding hydrogens is 274 g/mol. The molecule has 1 atom stereocenters. The Morgan fingerprint density at radius 2 is 1.59 bits per heavy atom. The van der Waals surface area contributed by atoms with Crippen LogP contribution in [0.2, 0.25) is 0 Å². The highest BCUT2D eigenvalue weighted by molar-refractivity contribution is 5.70. The van der Waals surface area contributed by atoms with Gasteiger partial charge in [0.15, 0.2) is 0 Å². The third kappa shape index (κ3) is 5.34. The van der Waals surface area contributed by atoms with Crippen molar-refractivity contribution >= 4 is 5.97 Å². The Hall–Kier alpha value is -2.13. The molecular formula is C19H23NO2.